The van der Waals surface area contributed by atoms with E-state index in [0.717, 1.165) is 17.5 Å². The molecule has 3 rings (SSSR count). The number of amides is 1. The summed E-state index contributed by atoms with van der Waals surface area (Å²) in [4.78, 5) is 14.2. The average molecular weight is 390 g/mol. The predicted octanol–water partition coefficient (Wildman–Crippen LogP) is 1.56. The number of hydrogen-bond acceptors (Lipinski definition) is 5. The van der Waals surface area contributed by atoms with E-state index in [4.69, 9.17) is 14.6 Å². The lowest BCUT2D eigenvalue weighted by Crippen LogP contribution is -2.31. The summed E-state index contributed by atoms with van der Waals surface area (Å²) in [5.41, 5.74) is 2.94. The summed E-state index contributed by atoms with van der Waals surface area (Å²) in [5, 5.41) is 5.06. The maximum absolute atomic E-state index is 12.6. The summed E-state index contributed by atoms with van der Waals surface area (Å²) in [6.07, 6.45) is 0.817. The van der Waals surface area contributed by atoms with Crippen molar-refractivity contribution in [3.05, 3.63) is 59.2 Å². The van der Waals surface area contributed by atoms with Gasteiger partial charge in [0, 0.05) is 12.6 Å². The lowest BCUT2D eigenvalue weighted by molar-refractivity contribution is 0.0772. The number of sulfonamides is 1. The molecule has 0 saturated heterocycles. The van der Waals surface area contributed by atoms with Crippen LogP contribution in [0, 0.1) is 0 Å². The van der Waals surface area contributed by atoms with E-state index < -0.39 is 10.0 Å². The van der Waals surface area contributed by atoms with Crippen LogP contribution in [-0.4, -0.2) is 46.0 Å². The van der Waals surface area contributed by atoms with Crippen LogP contribution in [0.3, 0.4) is 0 Å². The van der Waals surface area contributed by atoms with E-state index >= 15 is 0 Å². The zero-order valence-electron chi connectivity index (χ0n) is 15.1. The van der Waals surface area contributed by atoms with Gasteiger partial charge in [-0.3, -0.25) is 4.79 Å². The van der Waals surface area contributed by atoms with Gasteiger partial charge >= 0.3 is 0 Å². The second-order valence-electron chi connectivity index (χ2n) is 6.38. The van der Waals surface area contributed by atoms with Crippen molar-refractivity contribution in [2.24, 2.45) is 5.14 Å². The van der Waals surface area contributed by atoms with Gasteiger partial charge in [0.15, 0.2) is 0 Å². The van der Waals surface area contributed by atoms with Crippen molar-refractivity contribution >= 4 is 15.9 Å². The Morgan fingerprint density at radius 2 is 1.93 bits per heavy atom. The van der Waals surface area contributed by atoms with E-state index in [0.29, 0.717) is 31.1 Å². The van der Waals surface area contributed by atoms with Crippen LogP contribution in [0.15, 0.2) is 47.4 Å². The van der Waals surface area contributed by atoms with E-state index in [1.54, 1.807) is 11.9 Å². The average Bonchev–Trinajstić information content (AvgIpc) is 2.66. The SMILES string of the molecule is CN(CCOc1ccc(S(N)(=O)=O)cc1)C(=O)c1ccc2c(c1)CCOC2. The topological polar surface area (TPSA) is 98.9 Å². The number of carbonyl (C=O) groups is 1. The molecule has 7 nitrogen and oxygen atoms in total. The van der Waals surface area contributed by atoms with Gasteiger partial charge in [-0.1, -0.05) is 6.07 Å². The lowest BCUT2D eigenvalue weighted by atomic mass is 10.00. The minimum absolute atomic E-state index is 0.0277. The van der Waals surface area contributed by atoms with E-state index in [2.05, 4.69) is 0 Å². The summed E-state index contributed by atoms with van der Waals surface area (Å²) in [6, 6.07) is 11.5. The highest BCUT2D eigenvalue weighted by atomic mass is 32.2. The first-order chi connectivity index (χ1) is 12.8. The van der Waals surface area contributed by atoms with Crippen LogP contribution in [0.5, 0.6) is 5.75 Å². The minimum Gasteiger partial charge on any atom is -0.492 e. The molecule has 0 aliphatic carbocycles. The molecule has 2 aromatic rings. The molecule has 27 heavy (non-hydrogen) atoms. The summed E-state index contributed by atoms with van der Waals surface area (Å²) >= 11 is 0. The number of fused-ring (bicyclic) bond motifs is 1. The molecular formula is C19H22N2O5S. The molecule has 0 aromatic heterocycles. The van der Waals surface area contributed by atoms with Gasteiger partial charge in [0.05, 0.1) is 24.7 Å². The van der Waals surface area contributed by atoms with Crippen LogP contribution in [0.4, 0.5) is 0 Å². The molecule has 0 saturated carbocycles. The molecule has 0 bridgehead atoms. The van der Waals surface area contributed by atoms with Crippen LogP contribution in [0.1, 0.15) is 21.5 Å². The third-order valence-corrected chi connectivity index (χ3v) is 5.35. The monoisotopic (exact) mass is 390 g/mol. The molecule has 1 aliphatic rings. The van der Waals surface area contributed by atoms with E-state index in [1.807, 2.05) is 18.2 Å². The highest BCUT2D eigenvalue weighted by Crippen LogP contribution is 2.19. The van der Waals surface area contributed by atoms with Gasteiger partial charge in [-0.05, 0) is 53.9 Å². The van der Waals surface area contributed by atoms with Gasteiger partial charge in [0.25, 0.3) is 5.91 Å². The number of primary sulfonamides is 1. The Kier molecular flexibility index (Phi) is 5.79. The Labute approximate surface area is 158 Å². The first-order valence-corrected chi connectivity index (χ1v) is 10.1. The third kappa shape index (κ3) is 4.85. The van der Waals surface area contributed by atoms with Gasteiger partial charge in [0.2, 0.25) is 10.0 Å². The van der Waals surface area contributed by atoms with E-state index in [-0.39, 0.29) is 17.4 Å². The molecule has 0 fully saturated rings. The number of nitrogens with two attached hydrogens (primary N) is 1. The van der Waals surface area contributed by atoms with Crippen molar-refractivity contribution in [1.29, 1.82) is 0 Å². The van der Waals surface area contributed by atoms with Gasteiger partial charge in [-0.2, -0.15) is 0 Å². The fourth-order valence-corrected chi connectivity index (χ4v) is 3.36. The van der Waals surface area contributed by atoms with Gasteiger partial charge < -0.3 is 14.4 Å². The first kappa shape index (κ1) is 19.3. The fraction of sp³-hybridized carbons (Fsp3) is 0.316. The molecule has 0 spiro atoms. The van der Waals surface area contributed by atoms with Crippen molar-refractivity contribution in [2.75, 3.05) is 26.8 Å². The number of hydrogen-bond donors (Lipinski definition) is 1. The number of carbonyl (C=O) groups excluding carboxylic acids is 1. The van der Waals surface area contributed by atoms with Crippen LogP contribution >= 0.6 is 0 Å². The number of nitrogens with zero attached hydrogens (tertiary/aromatic N) is 1. The molecule has 2 N–H and O–H groups in total. The van der Waals surface area contributed by atoms with Gasteiger partial charge in [-0.15, -0.1) is 0 Å². The van der Waals surface area contributed by atoms with Crippen LogP contribution in [-0.2, 0) is 27.8 Å². The third-order valence-electron chi connectivity index (χ3n) is 4.42. The Balaban J connectivity index is 1.54. The number of benzene rings is 2. The highest BCUT2D eigenvalue weighted by molar-refractivity contribution is 7.89. The maximum Gasteiger partial charge on any atom is 0.253 e. The summed E-state index contributed by atoms with van der Waals surface area (Å²) in [6.45, 7) is 1.96. The maximum atomic E-state index is 12.6. The molecule has 1 aliphatic heterocycles. The molecule has 0 unspecified atom stereocenters. The summed E-state index contributed by atoms with van der Waals surface area (Å²) in [5.74, 6) is 0.439. The molecule has 0 radical (unpaired) electrons. The molecule has 144 valence electrons. The molecule has 8 heteroatoms. The zero-order valence-corrected chi connectivity index (χ0v) is 15.9. The molecule has 0 atom stereocenters. The van der Waals surface area contributed by atoms with Crippen LogP contribution in [0.25, 0.3) is 0 Å². The van der Waals surface area contributed by atoms with Crippen molar-refractivity contribution in [2.45, 2.75) is 17.9 Å². The largest absolute Gasteiger partial charge is 0.492 e. The summed E-state index contributed by atoms with van der Waals surface area (Å²) < 4.78 is 33.5. The van der Waals surface area contributed by atoms with Gasteiger partial charge in [-0.25, -0.2) is 13.6 Å². The van der Waals surface area contributed by atoms with Crippen molar-refractivity contribution in [3.8, 4) is 5.75 Å². The number of likely N-dealkylation sites (N-methyl/N-ethyl adjacent to an activating group) is 1. The standard InChI is InChI=1S/C19H22N2O5S/c1-21(9-11-26-17-4-6-18(7-5-17)27(20,23)24)19(22)15-2-3-16-13-25-10-8-14(16)12-15/h2-7,12H,8-11,13H2,1H3,(H2,20,23,24). The molecular weight excluding hydrogens is 368 g/mol. The molecule has 1 heterocycles. The van der Waals surface area contributed by atoms with Crippen LogP contribution < -0.4 is 9.88 Å². The van der Waals surface area contributed by atoms with Crippen molar-refractivity contribution in [3.63, 3.8) is 0 Å². The number of rotatable bonds is 6. The second-order valence-corrected chi connectivity index (χ2v) is 7.94. The summed E-state index contributed by atoms with van der Waals surface area (Å²) in [7, 11) is -2.00. The lowest BCUT2D eigenvalue weighted by Gasteiger charge is -2.20. The smallest absolute Gasteiger partial charge is 0.253 e. The second kappa shape index (κ2) is 8.08. The van der Waals surface area contributed by atoms with Gasteiger partial charge in [0.1, 0.15) is 12.4 Å². The first-order valence-electron chi connectivity index (χ1n) is 8.55. The van der Waals surface area contributed by atoms with Crippen molar-refractivity contribution < 1.29 is 22.7 Å². The molecule has 2 aromatic carbocycles. The Morgan fingerprint density at radius 1 is 1.19 bits per heavy atom. The van der Waals surface area contributed by atoms with Crippen LogP contribution in [0.2, 0.25) is 0 Å². The molecule has 1 amide bonds. The zero-order chi connectivity index (χ0) is 19.4. The Bertz CT molecular complexity index is 926. The number of ether oxygens (including phenoxy) is 2. The normalized spacial score (nSPS) is 13.7. The van der Waals surface area contributed by atoms with E-state index in [1.165, 1.54) is 24.3 Å². The minimum atomic E-state index is -3.72. The Hall–Kier alpha value is -2.42. The van der Waals surface area contributed by atoms with Crippen molar-refractivity contribution in [1.82, 2.24) is 4.90 Å². The predicted molar refractivity (Wildman–Crippen MR) is 100 cm³/mol. The Morgan fingerprint density at radius 3 is 2.63 bits per heavy atom. The van der Waals surface area contributed by atoms with E-state index in [9.17, 15) is 13.2 Å². The highest BCUT2D eigenvalue weighted by Gasteiger charge is 2.16. The quantitative estimate of drug-likeness (QED) is 0.807. The fourth-order valence-electron chi connectivity index (χ4n) is 2.84.